The van der Waals surface area contributed by atoms with E-state index in [-0.39, 0.29) is 30.0 Å². The van der Waals surface area contributed by atoms with E-state index in [9.17, 15) is 14.0 Å². The zero-order valence-electron chi connectivity index (χ0n) is 12.8. The highest BCUT2D eigenvalue weighted by Crippen LogP contribution is 2.32. The number of carbonyl (C=O) groups is 2. The highest BCUT2D eigenvalue weighted by atomic mass is 19.1. The molecule has 118 valence electrons. The van der Waals surface area contributed by atoms with Crippen LogP contribution in [0.3, 0.4) is 0 Å². The Hall–Kier alpha value is -2.69. The summed E-state index contributed by atoms with van der Waals surface area (Å²) in [5.74, 6) is -1.41. The first-order chi connectivity index (χ1) is 11.1. The van der Waals surface area contributed by atoms with Crippen molar-refractivity contribution in [3.8, 4) is 0 Å². The van der Waals surface area contributed by atoms with Crippen LogP contribution in [-0.4, -0.2) is 18.4 Å². The predicted octanol–water partition coefficient (Wildman–Crippen LogP) is 2.99. The molecule has 1 aliphatic heterocycles. The van der Waals surface area contributed by atoms with Crippen LogP contribution in [0, 0.1) is 11.7 Å². The first kappa shape index (κ1) is 15.2. The molecule has 0 aliphatic carbocycles. The maximum atomic E-state index is 13.9. The SMILES string of the molecule is CC(Cc1ccccc1)C(=O)N1CC(=O)Nc2c(F)cccc21. The number of rotatable bonds is 3. The Kier molecular flexibility index (Phi) is 4.10. The molecular weight excluding hydrogens is 295 g/mol. The monoisotopic (exact) mass is 312 g/mol. The van der Waals surface area contributed by atoms with E-state index in [2.05, 4.69) is 5.32 Å². The number of halogens is 1. The molecular formula is C18H17FN2O2. The zero-order valence-corrected chi connectivity index (χ0v) is 12.8. The van der Waals surface area contributed by atoms with Crippen molar-refractivity contribution < 1.29 is 14.0 Å². The first-order valence-corrected chi connectivity index (χ1v) is 7.50. The number of carbonyl (C=O) groups excluding carboxylic acids is 2. The van der Waals surface area contributed by atoms with Crippen molar-refractivity contribution in [1.29, 1.82) is 0 Å². The average Bonchev–Trinajstić information content (AvgIpc) is 2.55. The van der Waals surface area contributed by atoms with Crippen LogP contribution in [0.5, 0.6) is 0 Å². The number of benzene rings is 2. The lowest BCUT2D eigenvalue weighted by Gasteiger charge is -2.31. The third-order valence-electron chi connectivity index (χ3n) is 3.92. The second-order valence-electron chi connectivity index (χ2n) is 5.70. The summed E-state index contributed by atoms with van der Waals surface area (Å²) in [5.41, 5.74) is 1.53. The van der Waals surface area contributed by atoms with Gasteiger partial charge in [0.15, 0.2) is 0 Å². The molecule has 0 spiro atoms. The van der Waals surface area contributed by atoms with Crippen molar-refractivity contribution >= 4 is 23.2 Å². The number of nitrogens with one attached hydrogen (secondary N) is 1. The van der Waals surface area contributed by atoms with E-state index in [4.69, 9.17) is 0 Å². The van der Waals surface area contributed by atoms with Gasteiger partial charge in [-0.05, 0) is 24.1 Å². The van der Waals surface area contributed by atoms with Gasteiger partial charge < -0.3 is 10.2 Å². The second kappa shape index (κ2) is 6.20. The standard InChI is InChI=1S/C18H17FN2O2/c1-12(10-13-6-3-2-4-7-13)18(23)21-11-16(22)20-17-14(19)8-5-9-15(17)21/h2-9,12H,10-11H2,1H3,(H,20,22). The van der Waals surface area contributed by atoms with Gasteiger partial charge in [-0.1, -0.05) is 43.3 Å². The van der Waals surface area contributed by atoms with Crippen molar-refractivity contribution in [2.24, 2.45) is 5.92 Å². The summed E-state index contributed by atoms with van der Waals surface area (Å²) in [5, 5.41) is 2.49. The van der Waals surface area contributed by atoms with Gasteiger partial charge in [-0.2, -0.15) is 0 Å². The summed E-state index contributed by atoms with van der Waals surface area (Å²) in [4.78, 5) is 25.9. The number of nitrogens with zero attached hydrogens (tertiary/aromatic N) is 1. The summed E-state index contributed by atoms with van der Waals surface area (Å²) in [6, 6.07) is 14.1. The minimum atomic E-state index is -0.538. The Labute approximate surface area is 133 Å². The van der Waals surface area contributed by atoms with E-state index in [0.29, 0.717) is 12.1 Å². The molecule has 2 aromatic carbocycles. The van der Waals surface area contributed by atoms with Crippen LogP contribution < -0.4 is 10.2 Å². The van der Waals surface area contributed by atoms with E-state index < -0.39 is 5.82 Å². The fourth-order valence-electron chi connectivity index (χ4n) is 2.79. The van der Waals surface area contributed by atoms with Gasteiger partial charge in [0.05, 0.1) is 5.69 Å². The molecule has 23 heavy (non-hydrogen) atoms. The smallest absolute Gasteiger partial charge is 0.244 e. The van der Waals surface area contributed by atoms with E-state index in [1.54, 1.807) is 6.07 Å². The van der Waals surface area contributed by atoms with Crippen LogP contribution in [0.1, 0.15) is 12.5 Å². The molecule has 5 heteroatoms. The van der Waals surface area contributed by atoms with Gasteiger partial charge in [-0.25, -0.2) is 4.39 Å². The Balaban J connectivity index is 1.85. The van der Waals surface area contributed by atoms with Crippen molar-refractivity contribution in [1.82, 2.24) is 0 Å². The van der Waals surface area contributed by atoms with E-state index in [0.717, 1.165) is 5.56 Å². The van der Waals surface area contributed by atoms with Crippen molar-refractivity contribution in [3.05, 3.63) is 59.9 Å². The third kappa shape index (κ3) is 3.08. The number of para-hydroxylation sites is 1. The van der Waals surface area contributed by atoms with E-state index in [1.807, 2.05) is 37.3 Å². The molecule has 1 heterocycles. The minimum Gasteiger partial charge on any atom is -0.320 e. The molecule has 0 bridgehead atoms. The van der Waals surface area contributed by atoms with Crippen LogP contribution in [-0.2, 0) is 16.0 Å². The quantitative estimate of drug-likeness (QED) is 0.947. The fourth-order valence-corrected chi connectivity index (χ4v) is 2.79. The summed E-state index contributed by atoms with van der Waals surface area (Å²) in [7, 11) is 0. The average molecular weight is 312 g/mol. The largest absolute Gasteiger partial charge is 0.320 e. The summed E-state index contributed by atoms with van der Waals surface area (Å²) in [6.07, 6.45) is 0.572. The van der Waals surface area contributed by atoms with Crippen LogP contribution in [0.2, 0.25) is 0 Å². The highest BCUT2D eigenvalue weighted by Gasteiger charge is 2.31. The summed E-state index contributed by atoms with van der Waals surface area (Å²) < 4.78 is 13.9. The number of amides is 2. The molecule has 0 aromatic heterocycles. The maximum absolute atomic E-state index is 13.9. The molecule has 0 saturated heterocycles. The molecule has 4 nitrogen and oxygen atoms in total. The number of fused-ring (bicyclic) bond motifs is 1. The van der Waals surface area contributed by atoms with Crippen LogP contribution in [0.25, 0.3) is 0 Å². The van der Waals surface area contributed by atoms with Gasteiger partial charge in [-0.15, -0.1) is 0 Å². The third-order valence-corrected chi connectivity index (χ3v) is 3.92. The molecule has 0 radical (unpaired) electrons. The maximum Gasteiger partial charge on any atom is 0.244 e. The lowest BCUT2D eigenvalue weighted by atomic mass is 9.99. The van der Waals surface area contributed by atoms with Gasteiger partial charge in [0.2, 0.25) is 11.8 Å². The molecule has 2 amide bonds. The fraction of sp³-hybridized carbons (Fsp3) is 0.222. The van der Waals surface area contributed by atoms with Crippen molar-refractivity contribution in [2.75, 3.05) is 16.8 Å². The van der Waals surface area contributed by atoms with E-state index in [1.165, 1.54) is 17.0 Å². The van der Waals surface area contributed by atoms with Crippen molar-refractivity contribution in [2.45, 2.75) is 13.3 Å². The van der Waals surface area contributed by atoms with Gasteiger partial charge in [0.1, 0.15) is 18.0 Å². The highest BCUT2D eigenvalue weighted by molar-refractivity contribution is 6.10. The van der Waals surface area contributed by atoms with Gasteiger partial charge in [-0.3, -0.25) is 9.59 Å². The first-order valence-electron chi connectivity index (χ1n) is 7.50. The molecule has 0 saturated carbocycles. The molecule has 1 atom stereocenters. The number of anilines is 2. The zero-order chi connectivity index (χ0) is 16.4. The normalized spacial score (nSPS) is 14.9. The molecule has 1 unspecified atom stereocenters. The van der Waals surface area contributed by atoms with Crippen LogP contribution >= 0.6 is 0 Å². The molecule has 3 rings (SSSR count). The topological polar surface area (TPSA) is 49.4 Å². The van der Waals surface area contributed by atoms with Crippen LogP contribution in [0.15, 0.2) is 48.5 Å². The molecule has 2 aromatic rings. The number of hydrogen-bond acceptors (Lipinski definition) is 2. The molecule has 0 fully saturated rings. The Morgan fingerprint density at radius 3 is 2.70 bits per heavy atom. The van der Waals surface area contributed by atoms with E-state index >= 15 is 0 Å². The van der Waals surface area contributed by atoms with Crippen LogP contribution in [0.4, 0.5) is 15.8 Å². The predicted molar refractivity (Wildman–Crippen MR) is 86.7 cm³/mol. The molecule has 1 aliphatic rings. The van der Waals surface area contributed by atoms with Gasteiger partial charge in [0, 0.05) is 5.92 Å². The van der Waals surface area contributed by atoms with Crippen molar-refractivity contribution in [3.63, 3.8) is 0 Å². The summed E-state index contributed by atoms with van der Waals surface area (Å²) in [6.45, 7) is 1.73. The second-order valence-corrected chi connectivity index (χ2v) is 5.70. The molecule has 1 N–H and O–H groups in total. The lowest BCUT2D eigenvalue weighted by Crippen LogP contribution is -2.45. The number of hydrogen-bond donors (Lipinski definition) is 1. The minimum absolute atomic E-state index is 0.0732. The van der Waals surface area contributed by atoms with Gasteiger partial charge in [0.25, 0.3) is 0 Å². The Morgan fingerprint density at radius 1 is 1.22 bits per heavy atom. The Morgan fingerprint density at radius 2 is 1.96 bits per heavy atom. The Bertz CT molecular complexity index is 746. The summed E-state index contributed by atoms with van der Waals surface area (Å²) >= 11 is 0. The lowest BCUT2D eigenvalue weighted by molar-refractivity contribution is -0.124. The van der Waals surface area contributed by atoms with Gasteiger partial charge >= 0.3 is 0 Å².